The highest BCUT2D eigenvalue weighted by Gasteiger charge is 2.40. The zero-order valence-corrected chi connectivity index (χ0v) is 18.7. The van der Waals surface area contributed by atoms with Crippen LogP contribution < -0.4 is 10.2 Å². The number of hydrogen-bond donors (Lipinski definition) is 1. The largest absolute Gasteiger partial charge is 0.321 e. The van der Waals surface area contributed by atoms with Gasteiger partial charge in [-0.25, -0.2) is 4.39 Å². The third kappa shape index (κ3) is 5.08. The molecule has 2 amide bonds. The van der Waals surface area contributed by atoms with Crippen LogP contribution in [0.3, 0.4) is 0 Å². The van der Waals surface area contributed by atoms with Gasteiger partial charge in [0.05, 0.1) is 5.25 Å². The van der Waals surface area contributed by atoms with Crippen LogP contribution in [-0.4, -0.2) is 17.1 Å². The maximum Gasteiger partial charge on any atom is 0.269 e. The van der Waals surface area contributed by atoms with E-state index < -0.39 is 17.0 Å². The van der Waals surface area contributed by atoms with Gasteiger partial charge < -0.3 is 5.32 Å². The van der Waals surface area contributed by atoms with Crippen molar-refractivity contribution in [3.8, 4) is 6.07 Å². The van der Waals surface area contributed by atoms with Crippen LogP contribution in [0.5, 0.6) is 0 Å². The summed E-state index contributed by atoms with van der Waals surface area (Å²) < 4.78 is 13.5. The molecule has 0 spiro atoms. The normalized spacial score (nSPS) is 16.9. The number of nitrogens with one attached hydrogen (secondary N) is 1. The second-order valence-corrected chi connectivity index (χ2v) is 8.83. The molecule has 1 saturated heterocycles. The van der Waals surface area contributed by atoms with E-state index in [9.17, 15) is 19.2 Å². The number of nitriles is 1. The van der Waals surface area contributed by atoms with E-state index in [1.807, 2.05) is 36.4 Å². The number of nitrogens with zero attached hydrogens (tertiary/aromatic N) is 2. The number of anilines is 2. The van der Waals surface area contributed by atoms with Gasteiger partial charge in [0.2, 0.25) is 5.91 Å². The standard InChI is InChI=1S/C25H17ClFN3O2S/c26-17-6-10-19(11-7-17)29-23(31)21(15-28)25-30(20-12-8-18(27)9-13-20)24(32)22(33-25)14-16-4-2-1-3-5-16/h1-13,22H,14H2,(H,29,31)/b25-21-. The molecule has 8 heteroatoms. The Hall–Kier alpha value is -3.60. The first-order valence-electron chi connectivity index (χ1n) is 9.97. The maximum absolute atomic E-state index is 13.5. The van der Waals surface area contributed by atoms with E-state index in [4.69, 9.17) is 11.6 Å². The van der Waals surface area contributed by atoms with Crippen LogP contribution >= 0.6 is 23.4 Å². The van der Waals surface area contributed by atoms with Crippen LogP contribution in [0.15, 0.2) is 89.5 Å². The Morgan fingerprint density at radius 1 is 1.06 bits per heavy atom. The molecule has 1 N–H and O–H groups in total. The van der Waals surface area contributed by atoms with Gasteiger partial charge in [-0.2, -0.15) is 5.26 Å². The minimum Gasteiger partial charge on any atom is -0.321 e. The fourth-order valence-electron chi connectivity index (χ4n) is 3.37. The van der Waals surface area contributed by atoms with Crippen molar-refractivity contribution in [2.24, 2.45) is 0 Å². The molecule has 0 radical (unpaired) electrons. The molecule has 5 nitrogen and oxygen atoms in total. The van der Waals surface area contributed by atoms with Crippen molar-refractivity contribution in [2.75, 3.05) is 10.2 Å². The summed E-state index contributed by atoms with van der Waals surface area (Å²) >= 11 is 7.04. The summed E-state index contributed by atoms with van der Waals surface area (Å²) in [5, 5.41) is 12.7. The molecule has 1 fully saturated rings. The molecule has 1 aliphatic rings. The van der Waals surface area contributed by atoms with E-state index in [0.29, 0.717) is 22.8 Å². The molecule has 1 unspecified atom stereocenters. The average Bonchev–Trinajstić information content (AvgIpc) is 3.12. The van der Waals surface area contributed by atoms with Gasteiger partial charge in [-0.05, 0) is 60.5 Å². The van der Waals surface area contributed by atoms with E-state index in [2.05, 4.69) is 5.32 Å². The smallest absolute Gasteiger partial charge is 0.269 e. The summed E-state index contributed by atoms with van der Waals surface area (Å²) in [7, 11) is 0. The summed E-state index contributed by atoms with van der Waals surface area (Å²) in [4.78, 5) is 27.7. The fraction of sp³-hybridized carbons (Fsp3) is 0.0800. The zero-order valence-electron chi connectivity index (χ0n) is 17.2. The maximum atomic E-state index is 13.5. The highest BCUT2D eigenvalue weighted by atomic mass is 35.5. The van der Waals surface area contributed by atoms with Crippen molar-refractivity contribution < 1.29 is 14.0 Å². The predicted molar refractivity (Wildman–Crippen MR) is 128 cm³/mol. The van der Waals surface area contributed by atoms with Crippen LogP contribution in [0.25, 0.3) is 0 Å². The molecule has 4 rings (SSSR count). The van der Waals surface area contributed by atoms with E-state index in [-0.39, 0.29) is 16.5 Å². The predicted octanol–water partition coefficient (Wildman–Crippen LogP) is 5.54. The Kier molecular flexibility index (Phi) is 6.78. The van der Waals surface area contributed by atoms with Crippen LogP contribution in [0.1, 0.15) is 5.56 Å². The van der Waals surface area contributed by atoms with Gasteiger partial charge in [0.25, 0.3) is 5.91 Å². The zero-order chi connectivity index (χ0) is 23.4. The molecule has 33 heavy (non-hydrogen) atoms. The first kappa shape index (κ1) is 22.6. The molecule has 3 aromatic carbocycles. The topological polar surface area (TPSA) is 73.2 Å². The number of thioether (sulfide) groups is 1. The number of halogens is 2. The van der Waals surface area contributed by atoms with Gasteiger partial charge in [-0.1, -0.05) is 53.7 Å². The Morgan fingerprint density at radius 3 is 2.36 bits per heavy atom. The summed E-state index contributed by atoms with van der Waals surface area (Å²) in [6.45, 7) is 0. The van der Waals surface area contributed by atoms with Crippen molar-refractivity contribution in [2.45, 2.75) is 11.7 Å². The highest BCUT2D eigenvalue weighted by Crippen LogP contribution is 2.42. The number of benzene rings is 3. The lowest BCUT2D eigenvalue weighted by atomic mass is 10.1. The molecule has 0 aliphatic carbocycles. The van der Waals surface area contributed by atoms with E-state index in [0.717, 1.165) is 17.3 Å². The van der Waals surface area contributed by atoms with Gasteiger partial charge >= 0.3 is 0 Å². The Bertz CT molecular complexity index is 1260. The van der Waals surface area contributed by atoms with Gasteiger partial charge in [-0.15, -0.1) is 0 Å². The fourth-order valence-corrected chi connectivity index (χ4v) is 4.80. The Balaban J connectivity index is 1.72. The molecule has 1 aliphatic heterocycles. The van der Waals surface area contributed by atoms with E-state index in [1.165, 1.54) is 29.2 Å². The Labute approximate surface area is 199 Å². The first-order valence-corrected chi connectivity index (χ1v) is 11.2. The van der Waals surface area contributed by atoms with Gasteiger partial charge in [-0.3, -0.25) is 14.5 Å². The third-order valence-electron chi connectivity index (χ3n) is 4.96. The lowest BCUT2D eigenvalue weighted by Crippen LogP contribution is -2.30. The second-order valence-electron chi connectivity index (χ2n) is 7.20. The van der Waals surface area contributed by atoms with Crippen molar-refractivity contribution in [1.82, 2.24) is 0 Å². The molecule has 1 atom stereocenters. The molecule has 1 heterocycles. The summed E-state index contributed by atoms with van der Waals surface area (Å²) in [6, 6.07) is 23.2. The lowest BCUT2D eigenvalue weighted by molar-refractivity contribution is -0.117. The van der Waals surface area contributed by atoms with Crippen LogP contribution in [-0.2, 0) is 16.0 Å². The van der Waals surface area contributed by atoms with E-state index in [1.54, 1.807) is 24.3 Å². The van der Waals surface area contributed by atoms with Crippen molar-refractivity contribution >= 4 is 46.6 Å². The molecule has 3 aromatic rings. The van der Waals surface area contributed by atoms with Crippen LogP contribution in [0, 0.1) is 17.1 Å². The minimum absolute atomic E-state index is 0.205. The number of carbonyl (C=O) groups is 2. The average molecular weight is 478 g/mol. The minimum atomic E-state index is -0.650. The monoisotopic (exact) mass is 477 g/mol. The van der Waals surface area contributed by atoms with Crippen molar-refractivity contribution in [3.63, 3.8) is 0 Å². The first-order chi connectivity index (χ1) is 16.0. The third-order valence-corrected chi connectivity index (χ3v) is 6.47. The summed E-state index contributed by atoms with van der Waals surface area (Å²) in [5.41, 5.74) is 1.59. The molecule has 0 bridgehead atoms. The lowest BCUT2D eigenvalue weighted by Gasteiger charge is -2.18. The molecule has 0 saturated carbocycles. The van der Waals surface area contributed by atoms with Crippen LogP contribution in [0.4, 0.5) is 15.8 Å². The highest BCUT2D eigenvalue weighted by molar-refractivity contribution is 8.05. The number of carbonyl (C=O) groups excluding carboxylic acids is 2. The Morgan fingerprint density at radius 2 is 1.73 bits per heavy atom. The van der Waals surface area contributed by atoms with E-state index >= 15 is 0 Å². The quantitative estimate of drug-likeness (QED) is 0.386. The molecular formula is C25H17ClFN3O2S. The van der Waals surface area contributed by atoms with Gasteiger partial charge in [0.15, 0.2) is 0 Å². The van der Waals surface area contributed by atoms with Crippen molar-refractivity contribution in [1.29, 1.82) is 5.26 Å². The van der Waals surface area contributed by atoms with Gasteiger partial charge in [0.1, 0.15) is 22.5 Å². The summed E-state index contributed by atoms with van der Waals surface area (Å²) in [6.07, 6.45) is 0.420. The molecule has 0 aromatic heterocycles. The summed E-state index contributed by atoms with van der Waals surface area (Å²) in [5.74, 6) is -1.38. The number of rotatable bonds is 5. The number of amides is 2. The molecule has 164 valence electrons. The SMILES string of the molecule is N#C/C(C(=O)Nc1ccc(Cl)cc1)=C1/SC(Cc2ccccc2)C(=O)N1c1ccc(F)cc1. The molecular weight excluding hydrogens is 461 g/mol. The van der Waals surface area contributed by atoms with Crippen LogP contribution in [0.2, 0.25) is 5.02 Å². The second kappa shape index (κ2) is 9.90. The number of hydrogen-bond acceptors (Lipinski definition) is 4. The van der Waals surface area contributed by atoms with Gasteiger partial charge in [0, 0.05) is 16.4 Å². The van der Waals surface area contributed by atoms with Crippen molar-refractivity contribution in [3.05, 3.63) is 106 Å².